The average Bonchev–Trinajstić information content (AvgIpc) is 3.13. The van der Waals surface area contributed by atoms with Crippen molar-refractivity contribution < 1.29 is 13.5 Å². The lowest BCUT2D eigenvalue weighted by Gasteiger charge is -2.13. The van der Waals surface area contributed by atoms with Crippen LogP contribution >= 0.6 is 15.9 Å². The van der Waals surface area contributed by atoms with Crippen molar-refractivity contribution in [2.45, 2.75) is 12.3 Å². The molecule has 0 unspecified atom stereocenters. The zero-order valence-electron chi connectivity index (χ0n) is 16.7. The second kappa shape index (κ2) is 9.20. The van der Waals surface area contributed by atoms with Gasteiger partial charge >= 0.3 is 0 Å². The summed E-state index contributed by atoms with van der Waals surface area (Å²) >= 11 is 3.42. The molecule has 4 aromatic rings. The molecule has 0 aliphatic carbocycles. The van der Waals surface area contributed by atoms with E-state index < -0.39 is 10.0 Å². The summed E-state index contributed by atoms with van der Waals surface area (Å²) in [6, 6.07) is 12.6. The molecule has 0 amide bonds. The molecule has 0 bridgehead atoms. The number of primary sulfonamides is 1. The number of hydrogen-bond acceptors (Lipinski definition) is 8. The zero-order chi connectivity index (χ0) is 22.7. The van der Waals surface area contributed by atoms with E-state index in [0.717, 1.165) is 16.6 Å². The van der Waals surface area contributed by atoms with E-state index >= 15 is 0 Å². The molecule has 32 heavy (non-hydrogen) atoms. The van der Waals surface area contributed by atoms with Gasteiger partial charge in [0.2, 0.25) is 16.0 Å². The number of aliphatic hydroxyl groups excluding tert-OH is 1. The number of sulfonamides is 1. The molecular formula is C20H20BrN7O3S. The van der Waals surface area contributed by atoms with Crippen LogP contribution in [0.3, 0.4) is 0 Å². The van der Waals surface area contributed by atoms with Crippen molar-refractivity contribution in [2.75, 3.05) is 17.2 Å². The smallest absolute Gasteiger partial charge is 0.229 e. The lowest BCUT2D eigenvalue weighted by atomic mass is 10.2. The Morgan fingerprint density at radius 2 is 1.97 bits per heavy atom. The molecule has 5 N–H and O–H groups in total. The zero-order valence-corrected chi connectivity index (χ0v) is 19.1. The Bertz CT molecular complexity index is 1370. The highest BCUT2D eigenvalue weighted by molar-refractivity contribution is 9.10. The van der Waals surface area contributed by atoms with E-state index in [4.69, 9.17) is 10.2 Å². The summed E-state index contributed by atoms with van der Waals surface area (Å²) in [5, 5.41) is 26.0. The Labute approximate surface area is 192 Å². The first kappa shape index (κ1) is 22.1. The molecule has 166 valence electrons. The fraction of sp³-hybridized carbons (Fsp3) is 0.150. The van der Waals surface area contributed by atoms with Crippen LogP contribution in [0.2, 0.25) is 0 Å². The van der Waals surface area contributed by atoms with Crippen LogP contribution in [-0.4, -0.2) is 39.9 Å². The van der Waals surface area contributed by atoms with Crippen molar-refractivity contribution in [1.82, 2.24) is 19.7 Å². The van der Waals surface area contributed by atoms with Crippen LogP contribution in [0.5, 0.6) is 0 Å². The van der Waals surface area contributed by atoms with Crippen LogP contribution < -0.4 is 15.8 Å². The maximum atomic E-state index is 11.5. The molecule has 0 fully saturated rings. The summed E-state index contributed by atoms with van der Waals surface area (Å²) < 4.78 is 25.4. The third-order valence-electron chi connectivity index (χ3n) is 4.51. The largest absolute Gasteiger partial charge is 0.394 e. The van der Waals surface area contributed by atoms with Gasteiger partial charge < -0.3 is 15.7 Å². The fourth-order valence-electron chi connectivity index (χ4n) is 3.12. The normalized spacial score (nSPS) is 11.6. The molecule has 0 aliphatic heterocycles. The van der Waals surface area contributed by atoms with Crippen LogP contribution in [0.15, 0.2) is 59.3 Å². The van der Waals surface area contributed by atoms with Gasteiger partial charge in [0.25, 0.3) is 0 Å². The number of hydrogen-bond donors (Lipinski definition) is 4. The number of para-hydroxylation sites is 1. The molecule has 0 radical (unpaired) electrons. The van der Waals surface area contributed by atoms with Crippen LogP contribution in [0, 0.1) is 0 Å². The third-order valence-corrected chi connectivity index (χ3v) is 5.80. The molecule has 0 spiro atoms. The molecule has 10 nitrogen and oxygen atoms in total. The van der Waals surface area contributed by atoms with Gasteiger partial charge in [0, 0.05) is 29.2 Å². The number of fused-ring (bicyclic) bond motifs is 1. The minimum absolute atomic E-state index is 0.0158. The predicted octanol–water partition coefficient (Wildman–Crippen LogP) is 2.86. The highest BCUT2D eigenvalue weighted by Gasteiger charge is 2.12. The molecule has 2 aromatic carbocycles. The Balaban J connectivity index is 1.58. The SMILES string of the molecule is NS(=O)(=O)Cc1ccccc1Nc1nc(Nc2ccc3cn(CCO)nc3c2)ncc1Br. The summed E-state index contributed by atoms with van der Waals surface area (Å²) in [5.74, 6) is 0.499. The van der Waals surface area contributed by atoms with Crippen LogP contribution in [0.1, 0.15) is 5.56 Å². The predicted molar refractivity (Wildman–Crippen MR) is 126 cm³/mol. The van der Waals surface area contributed by atoms with Gasteiger partial charge in [-0.05, 0) is 45.8 Å². The summed E-state index contributed by atoms with van der Waals surface area (Å²) in [6.07, 6.45) is 3.46. The minimum atomic E-state index is -3.69. The molecule has 0 atom stereocenters. The monoisotopic (exact) mass is 517 g/mol. The van der Waals surface area contributed by atoms with E-state index in [1.165, 1.54) is 0 Å². The maximum absolute atomic E-state index is 11.5. The van der Waals surface area contributed by atoms with Crippen LogP contribution in [0.25, 0.3) is 10.9 Å². The minimum Gasteiger partial charge on any atom is -0.394 e. The van der Waals surface area contributed by atoms with Gasteiger partial charge in [-0.3, -0.25) is 4.68 Å². The lowest BCUT2D eigenvalue weighted by molar-refractivity contribution is 0.270. The first-order valence-electron chi connectivity index (χ1n) is 9.54. The second-order valence-corrected chi connectivity index (χ2v) is 9.46. The average molecular weight is 518 g/mol. The molecule has 0 saturated carbocycles. The maximum Gasteiger partial charge on any atom is 0.229 e. The molecule has 0 aliphatic rings. The molecule has 0 saturated heterocycles. The van der Waals surface area contributed by atoms with Crippen molar-refractivity contribution in [3.63, 3.8) is 0 Å². The van der Waals surface area contributed by atoms with Gasteiger partial charge in [-0.2, -0.15) is 10.1 Å². The quantitative estimate of drug-likeness (QED) is 0.278. The van der Waals surface area contributed by atoms with E-state index in [-0.39, 0.29) is 12.4 Å². The Kier molecular flexibility index (Phi) is 6.37. The van der Waals surface area contributed by atoms with Crippen molar-refractivity contribution >= 4 is 60.0 Å². The highest BCUT2D eigenvalue weighted by atomic mass is 79.9. The van der Waals surface area contributed by atoms with Crippen molar-refractivity contribution in [3.8, 4) is 0 Å². The van der Waals surface area contributed by atoms with Crippen molar-refractivity contribution in [3.05, 3.63) is 64.9 Å². The number of halogens is 1. The van der Waals surface area contributed by atoms with Crippen LogP contribution in [0.4, 0.5) is 23.1 Å². The van der Waals surface area contributed by atoms with Gasteiger partial charge in [0.05, 0.1) is 28.9 Å². The molecule has 12 heteroatoms. The van der Waals surface area contributed by atoms with Gasteiger partial charge in [0.1, 0.15) is 5.82 Å². The summed E-state index contributed by atoms with van der Waals surface area (Å²) in [5.41, 5.74) is 2.62. The van der Waals surface area contributed by atoms with Crippen LogP contribution in [-0.2, 0) is 22.3 Å². The number of nitrogens with zero attached hydrogens (tertiary/aromatic N) is 4. The van der Waals surface area contributed by atoms with Crippen molar-refractivity contribution in [2.24, 2.45) is 5.14 Å². The first-order valence-corrected chi connectivity index (χ1v) is 12.0. The number of rotatable bonds is 8. The van der Waals surface area contributed by atoms with E-state index in [0.29, 0.717) is 34.0 Å². The van der Waals surface area contributed by atoms with Gasteiger partial charge in [-0.1, -0.05) is 18.2 Å². The Morgan fingerprint density at radius 3 is 2.75 bits per heavy atom. The topological polar surface area (TPSA) is 148 Å². The second-order valence-electron chi connectivity index (χ2n) is 6.99. The number of aromatic nitrogens is 4. The molecular weight excluding hydrogens is 498 g/mol. The van der Waals surface area contributed by atoms with E-state index in [1.54, 1.807) is 35.1 Å². The number of benzene rings is 2. The number of nitrogens with two attached hydrogens (primary N) is 1. The third kappa shape index (κ3) is 5.40. The number of aliphatic hydroxyl groups is 1. The standard InChI is InChI=1S/C20H20BrN7O3S/c21-16-10-23-20(24-15-6-5-13-11-28(7-8-29)27-18(13)9-15)26-19(16)25-17-4-2-1-3-14(17)12-32(22,30)31/h1-6,9-11,29H,7-8,12H2,(H2,22,30,31)(H2,23,24,25,26). The fourth-order valence-corrected chi connectivity index (χ4v) is 4.09. The Hall–Kier alpha value is -3.06. The molecule has 4 rings (SSSR count). The first-order chi connectivity index (χ1) is 15.3. The summed E-state index contributed by atoms with van der Waals surface area (Å²) in [4.78, 5) is 8.78. The summed E-state index contributed by atoms with van der Waals surface area (Å²) in [7, 11) is -3.69. The van der Waals surface area contributed by atoms with E-state index in [2.05, 4.69) is 41.6 Å². The Morgan fingerprint density at radius 1 is 1.16 bits per heavy atom. The van der Waals surface area contributed by atoms with Gasteiger partial charge in [0.15, 0.2) is 0 Å². The van der Waals surface area contributed by atoms with Crippen molar-refractivity contribution in [1.29, 1.82) is 0 Å². The number of anilines is 4. The highest BCUT2D eigenvalue weighted by Crippen LogP contribution is 2.28. The van der Waals surface area contributed by atoms with E-state index in [9.17, 15) is 8.42 Å². The number of nitrogens with one attached hydrogen (secondary N) is 2. The molecule has 2 aromatic heterocycles. The van der Waals surface area contributed by atoms with Gasteiger partial charge in [-0.15, -0.1) is 0 Å². The van der Waals surface area contributed by atoms with Gasteiger partial charge in [-0.25, -0.2) is 18.5 Å². The lowest BCUT2D eigenvalue weighted by Crippen LogP contribution is -2.15. The van der Waals surface area contributed by atoms with E-state index in [1.807, 2.05) is 24.4 Å². The molecule has 2 heterocycles. The summed E-state index contributed by atoms with van der Waals surface area (Å²) in [6.45, 7) is 0.442.